The van der Waals surface area contributed by atoms with Gasteiger partial charge in [0.25, 0.3) is 0 Å². The molecule has 19 heavy (non-hydrogen) atoms. The Balaban J connectivity index is 1.90. The minimum Gasteiger partial charge on any atom is -0.480 e. The first-order valence-corrected chi connectivity index (χ1v) is 7.08. The second-order valence-electron chi connectivity index (χ2n) is 4.67. The smallest absolute Gasteiger partial charge is 0.329 e. The van der Waals surface area contributed by atoms with Crippen LogP contribution in [0, 0.1) is 0 Å². The molecule has 1 aliphatic rings. The second-order valence-corrected chi connectivity index (χ2v) is 5.96. The van der Waals surface area contributed by atoms with Crippen LogP contribution in [0.15, 0.2) is 22.7 Å². The number of carboxylic acid groups (broad SMARTS) is 1. The number of benzene rings is 1. The Morgan fingerprint density at radius 1 is 1.42 bits per heavy atom. The molecule has 0 bridgehead atoms. The first kappa shape index (κ1) is 14.3. The van der Waals surface area contributed by atoms with Gasteiger partial charge in [0.05, 0.1) is 0 Å². The zero-order chi connectivity index (χ0) is 14.0. The summed E-state index contributed by atoms with van der Waals surface area (Å²) in [7, 11) is 0. The molecule has 1 aliphatic carbocycles. The zero-order valence-electron chi connectivity index (χ0n) is 10.1. The maximum absolute atomic E-state index is 11.7. The maximum Gasteiger partial charge on any atom is 0.329 e. The number of rotatable bonds is 5. The first-order chi connectivity index (χ1) is 8.93. The summed E-state index contributed by atoms with van der Waals surface area (Å²) >= 11 is 9.28. The molecule has 6 heteroatoms. The number of hydrogen-bond acceptors (Lipinski definition) is 2. The van der Waals surface area contributed by atoms with Crippen LogP contribution in [0.5, 0.6) is 0 Å². The highest BCUT2D eigenvalue weighted by Gasteiger charge is 2.51. The van der Waals surface area contributed by atoms with Gasteiger partial charge in [0.1, 0.15) is 5.54 Å². The molecule has 0 aromatic heterocycles. The van der Waals surface area contributed by atoms with Crippen LogP contribution >= 0.6 is 27.5 Å². The molecule has 102 valence electrons. The number of aliphatic carboxylic acids is 1. The first-order valence-electron chi connectivity index (χ1n) is 5.91. The van der Waals surface area contributed by atoms with E-state index < -0.39 is 11.5 Å². The third-order valence-electron chi connectivity index (χ3n) is 3.17. The predicted molar refractivity (Wildman–Crippen MR) is 75.2 cm³/mol. The molecule has 2 rings (SSSR count). The number of amides is 1. The highest BCUT2D eigenvalue weighted by molar-refractivity contribution is 9.10. The summed E-state index contributed by atoms with van der Waals surface area (Å²) in [5.74, 6) is -1.20. The van der Waals surface area contributed by atoms with E-state index in [1.807, 2.05) is 6.07 Å². The van der Waals surface area contributed by atoms with E-state index in [2.05, 4.69) is 21.2 Å². The van der Waals surface area contributed by atoms with Gasteiger partial charge in [0.2, 0.25) is 5.91 Å². The third-order valence-corrected chi connectivity index (χ3v) is 4.18. The fourth-order valence-corrected chi connectivity index (χ4v) is 2.47. The van der Waals surface area contributed by atoms with Gasteiger partial charge >= 0.3 is 5.97 Å². The molecule has 0 atom stereocenters. The molecule has 1 saturated carbocycles. The van der Waals surface area contributed by atoms with E-state index in [1.165, 1.54) is 0 Å². The van der Waals surface area contributed by atoms with Crippen molar-refractivity contribution in [2.24, 2.45) is 0 Å². The quantitative estimate of drug-likeness (QED) is 0.861. The number of carbonyl (C=O) groups is 2. The molecule has 1 amide bonds. The Morgan fingerprint density at radius 2 is 2.11 bits per heavy atom. The Hall–Kier alpha value is -1.07. The van der Waals surface area contributed by atoms with Crippen LogP contribution in [-0.2, 0) is 16.0 Å². The molecular weight excluding hydrogens is 334 g/mol. The number of aryl methyl sites for hydroxylation is 1. The number of nitrogens with one attached hydrogen (secondary N) is 1. The van der Waals surface area contributed by atoms with E-state index in [9.17, 15) is 9.59 Å². The number of halogens is 2. The molecule has 0 aliphatic heterocycles. The van der Waals surface area contributed by atoms with Gasteiger partial charge in [0, 0.05) is 15.9 Å². The monoisotopic (exact) mass is 345 g/mol. The van der Waals surface area contributed by atoms with Crippen molar-refractivity contribution in [1.29, 1.82) is 0 Å². The molecule has 0 saturated heterocycles. The van der Waals surface area contributed by atoms with Crippen molar-refractivity contribution in [3.05, 3.63) is 33.3 Å². The molecule has 1 aromatic rings. The lowest BCUT2D eigenvalue weighted by Crippen LogP contribution is -2.43. The summed E-state index contributed by atoms with van der Waals surface area (Å²) in [5.41, 5.74) is -0.0781. The summed E-state index contributed by atoms with van der Waals surface area (Å²) in [6, 6.07) is 5.39. The Kier molecular flexibility index (Phi) is 4.16. The van der Waals surface area contributed by atoms with E-state index in [4.69, 9.17) is 16.7 Å². The Labute approximate surface area is 124 Å². The van der Waals surface area contributed by atoms with Gasteiger partial charge in [-0.2, -0.15) is 0 Å². The summed E-state index contributed by atoms with van der Waals surface area (Å²) in [4.78, 5) is 22.7. The van der Waals surface area contributed by atoms with E-state index >= 15 is 0 Å². The second kappa shape index (κ2) is 5.51. The molecule has 1 aromatic carbocycles. The summed E-state index contributed by atoms with van der Waals surface area (Å²) in [6.07, 6.45) is 1.78. The Bertz CT molecular complexity index is 529. The fraction of sp³-hybridized carbons (Fsp3) is 0.385. The minimum atomic E-state index is -1.01. The zero-order valence-corrected chi connectivity index (χ0v) is 12.4. The van der Waals surface area contributed by atoms with Gasteiger partial charge in [0.15, 0.2) is 0 Å². The van der Waals surface area contributed by atoms with Crippen molar-refractivity contribution in [2.45, 2.75) is 31.2 Å². The van der Waals surface area contributed by atoms with E-state index in [0.717, 1.165) is 10.0 Å². The van der Waals surface area contributed by atoms with Crippen LogP contribution in [0.3, 0.4) is 0 Å². The molecule has 1 fully saturated rings. The van der Waals surface area contributed by atoms with Crippen LogP contribution in [0.4, 0.5) is 0 Å². The largest absolute Gasteiger partial charge is 0.480 e. The Morgan fingerprint density at radius 3 is 2.68 bits per heavy atom. The van der Waals surface area contributed by atoms with Gasteiger partial charge in [-0.1, -0.05) is 27.5 Å². The topological polar surface area (TPSA) is 66.4 Å². The average molecular weight is 347 g/mol. The van der Waals surface area contributed by atoms with Crippen LogP contribution in [0.25, 0.3) is 0 Å². The van der Waals surface area contributed by atoms with Gasteiger partial charge < -0.3 is 10.4 Å². The minimum absolute atomic E-state index is 0.244. The van der Waals surface area contributed by atoms with Gasteiger partial charge in [-0.3, -0.25) is 4.79 Å². The number of carboxylic acids is 1. The van der Waals surface area contributed by atoms with E-state index in [0.29, 0.717) is 24.3 Å². The normalized spacial score (nSPS) is 15.9. The van der Waals surface area contributed by atoms with Crippen molar-refractivity contribution >= 4 is 39.4 Å². The molecule has 4 nitrogen and oxygen atoms in total. The van der Waals surface area contributed by atoms with Gasteiger partial charge in [-0.25, -0.2) is 4.79 Å². The van der Waals surface area contributed by atoms with E-state index in [-0.39, 0.29) is 12.3 Å². The van der Waals surface area contributed by atoms with Gasteiger partial charge in [-0.15, -0.1) is 0 Å². The van der Waals surface area contributed by atoms with Crippen molar-refractivity contribution in [1.82, 2.24) is 5.32 Å². The molecule has 2 N–H and O–H groups in total. The summed E-state index contributed by atoms with van der Waals surface area (Å²) in [5, 5.41) is 12.2. The highest BCUT2D eigenvalue weighted by atomic mass is 79.9. The number of hydrogen-bond donors (Lipinski definition) is 2. The lowest BCUT2D eigenvalue weighted by atomic mass is 10.1. The van der Waals surface area contributed by atoms with Crippen molar-refractivity contribution in [2.75, 3.05) is 0 Å². The van der Waals surface area contributed by atoms with Gasteiger partial charge in [-0.05, 0) is 43.0 Å². The van der Waals surface area contributed by atoms with E-state index in [1.54, 1.807) is 12.1 Å². The summed E-state index contributed by atoms with van der Waals surface area (Å²) in [6.45, 7) is 0. The lowest BCUT2D eigenvalue weighted by Gasteiger charge is -2.12. The van der Waals surface area contributed by atoms with Crippen LogP contribution in [0.1, 0.15) is 24.8 Å². The standard InChI is InChI=1S/C13H13BrClNO3/c14-10-3-2-9(15)7-8(10)1-4-11(17)16-13(5-6-13)12(18)19/h2-3,7H,1,4-6H2,(H,16,17)(H,18,19). The van der Waals surface area contributed by atoms with Crippen LogP contribution in [0.2, 0.25) is 5.02 Å². The van der Waals surface area contributed by atoms with Crippen molar-refractivity contribution < 1.29 is 14.7 Å². The van der Waals surface area contributed by atoms with Crippen molar-refractivity contribution in [3.63, 3.8) is 0 Å². The molecule has 0 radical (unpaired) electrons. The van der Waals surface area contributed by atoms with Crippen molar-refractivity contribution in [3.8, 4) is 0 Å². The third kappa shape index (κ3) is 3.48. The predicted octanol–water partition coefficient (Wildman–Crippen LogP) is 2.77. The molecule has 0 heterocycles. The summed E-state index contributed by atoms with van der Waals surface area (Å²) < 4.78 is 0.893. The lowest BCUT2D eigenvalue weighted by molar-refractivity contribution is -0.143. The van der Waals surface area contributed by atoms with Crippen LogP contribution in [-0.4, -0.2) is 22.5 Å². The average Bonchev–Trinajstić information content (AvgIpc) is 3.11. The maximum atomic E-state index is 11.7. The SMILES string of the molecule is O=C(CCc1cc(Cl)ccc1Br)NC1(C(=O)O)CC1. The molecular formula is C13H13BrClNO3. The fourth-order valence-electron chi connectivity index (χ4n) is 1.83. The van der Waals surface area contributed by atoms with Crippen LogP contribution < -0.4 is 5.32 Å². The molecule has 0 spiro atoms. The highest BCUT2D eigenvalue weighted by Crippen LogP contribution is 2.35. The number of carbonyl (C=O) groups excluding carboxylic acids is 1. The molecule has 0 unspecified atom stereocenters.